The first-order valence-electron chi connectivity index (χ1n) is 11.8. The van der Waals surface area contributed by atoms with E-state index in [0.717, 1.165) is 52.7 Å². The Morgan fingerprint density at radius 3 is 2.66 bits per heavy atom. The van der Waals surface area contributed by atoms with Crippen LogP contribution in [-0.2, 0) is 0 Å². The summed E-state index contributed by atoms with van der Waals surface area (Å²) >= 11 is 0. The fraction of sp³-hybridized carbons (Fsp3) is 0.214. The van der Waals surface area contributed by atoms with Crippen LogP contribution in [-0.4, -0.2) is 45.0 Å². The highest BCUT2D eigenvalue weighted by atomic mass is 15.1. The molecule has 0 aliphatic carbocycles. The van der Waals surface area contributed by atoms with Crippen LogP contribution in [0.25, 0.3) is 17.0 Å². The summed E-state index contributed by atoms with van der Waals surface area (Å²) in [5.41, 5.74) is 7.53. The zero-order chi connectivity index (χ0) is 24.2. The van der Waals surface area contributed by atoms with Gasteiger partial charge in [0, 0.05) is 36.4 Å². The first-order valence-corrected chi connectivity index (χ1v) is 11.8. The lowest BCUT2D eigenvalue weighted by Crippen LogP contribution is -2.13. The number of likely N-dealkylation sites (tertiary alicyclic amines) is 1. The molecule has 176 valence electrons. The highest BCUT2D eigenvalue weighted by Gasteiger charge is 2.20. The zero-order valence-corrected chi connectivity index (χ0v) is 20.1. The van der Waals surface area contributed by atoms with Gasteiger partial charge in [-0.3, -0.25) is 9.97 Å². The van der Waals surface area contributed by atoms with E-state index in [1.54, 1.807) is 24.8 Å². The molecule has 2 N–H and O–H groups in total. The SMILES string of the molecule is C=C(Nc1cnc(C)c(Nc2nccc(-c3cccnc3)n2)c1)c1ccc(C2CCN(C)C2)cc1. The Hall–Kier alpha value is -4.10. The lowest BCUT2D eigenvalue weighted by molar-refractivity contribution is 0.411. The average Bonchev–Trinajstić information content (AvgIpc) is 3.33. The maximum Gasteiger partial charge on any atom is 0.227 e. The molecule has 1 saturated heterocycles. The summed E-state index contributed by atoms with van der Waals surface area (Å²) in [7, 11) is 2.18. The van der Waals surface area contributed by atoms with E-state index in [4.69, 9.17) is 0 Å². The summed E-state index contributed by atoms with van der Waals surface area (Å²) in [5.74, 6) is 1.12. The molecule has 35 heavy (non-hydrogen) atoms. The van der Waals surface area contributed by atoms with Gasteiger partial charge in [0.25, 0.3) is 0 Å². The first-order chi connectivity index (χ1) is 17.0. The number of benzene rings is 1. The van der Waals surface area contributed by atoms with Crippen molar-refractivity contribution >= 4 is 23.0 Å². The first kappa shape index (κ1) is 22.7. The van der Waals surface area contributed by atoms with Crippen LogP contribution in [0.5, 0.6) is 0 Å². The molecule has 0 saturated carbocycles. The summed E-state index contributed by atoms with van der Waals surface area (Å²) in [6.45, 7) is 8.48. The van der Waals surface area contributed by atoms with Gasteiger partial charge in [-0.25, -0.2) is 9.97 Å². The standard InChI is InChI=1S/C28H29N7/c1-19(21-6-8-22(9-7-21)24-11-14-35(3)18-24)32-25-15-27(20(2)31-17-25)34-28-30-13-10-26(33-28)23-5-4-12-29-16-23/h4-10,12-13,15-17,24,32H,1,11,14,18H2,2-3H3,(H,30,33,34). The van der Waals surface area contributed by atoms with E-state index in [1.165, 1.54) is 12.0 Å². The number of nitrogens with one attached hydrogen (secondary N) is 2. The van der Waals surface area contributed by atoms with Gasteiger partial charge in [0.2, 0.25) is 5.95 Å². The zero-order valence-electron chi connectivity index (χ0n) is 20.1. The fourth-order valence-electron chi connectivity index (χ4n) is 4.35. The summed E-state index contributed by atoms with van der Waals surface area (Å²) in [5, 5.41) is 6.69. The van der Waals surface area contributed by atoms with E-state index in [9.17, 15) is 0 Å². The number of hydrogen-bond acceptors (Lipinski definition) is 7. The van der Waals surface area contributed by atoms with Crippen LogP contribution in [0.15, 0.2) is 79.9 Å². The predicted molar refractivity (Wildman–Crippen MR) is 141 cm³/mol. The van der Waals surface area contributed by atoms with Crippen LogP contribution in [0.2, 0.25) is 0 Å². The number of anilines is 3. The van der Waals surface area contributed by atoms with Crippen LogP contribution in [0.1, 0.15) is 29.2 Å². The average molecular weight is 464 g/mol. The molecule has 0 radical (unpaired) electrons. The lowest BCUT2D eigenvalue weighted by Gasteiger charge is -2.15. The quantitative estimate of drug-likeness (QED) is 0.375. The molecule has 1 atom stereocenters. The Balaban J connectivity index is 1.28. The van der Waals surface area contributed by atoms with Crippen LogP contribution >= 0.6 is 0 Å². The molecule has 0 amide bonds. The van der Waals surface area contributed by atoms with Crippen LogP contribution in [0.4, 0.5) is 17.3 Å². The summed E-state index contributed by atoms with van der Waals surface area (Å²) in [4.78, 5) is 20.1. The number of pyridine rings is 2. The summed E-state index contributed by atoms with van der Waals surface area (Å²) in [6, 6.07) is 16.4. The second-order valence-electron chi connectivity index (χ2n) is 8.96. The van der Waals surface area contributed by atoms with Crippen LogP contribution in [0.3, 0.4) is 0 Å². The molecule has 5 rings (SSSR count). The molecular weight excluding hydrogens is 434 g/mol. The fourth-order valence-corrected chi connectivity index (χ4v) is 4.35. The molecule has 0 spiro atoms. The van der Waals surface area contributed by atoms with E-state index in [-0.39, 0.29) is 0 Å². The lowest BCUT2D eigenvalue weighted by atomic mass is 9.97. The van der Waals surface area contributed by atoms with Crippen molar-refractivity contribution in [3.63, 3.8) is 0 Å². The third-order valence-corrected chi connectivity index (χ3v) is 6.36. The highest BCUT2D eigenvalue weighted by molar-refractivity contribution is 5.77. The molecule has 1 aliphatic rings. The minimum atomic E-state index is 0.500. The van der Waals surface area contributed by atoms with Gasteiger partial charge in [-0.05, 0) is 68.2 Å². The largest absolute Gasteiger partial charge is 0.354 e. The van der Waals surface area contributed by atoms with Gasteiger partial charge in [-0.1, -0.05) is 30.8 Å². The topological polar surface area (TPSA) is 78.9 Å². The van der Waals surface area contributed by atoms with Crippen molar-refractivity contribution in [3.8, 4) is 11.3 Å². The number of nitrogens with zero attached hydrogens (tertiary/aromatic N) is 5. The van der Waals surface area contributed by atoms with Gasteiger partial charge < -0.3 is 15.5 Å². The van der Waals surface area contributed by atoms with Crippen LogP contribution in [0, 0.1) is 6.92 Å². The number of rotatable bonds is 7. The van der Waals surface area contributed by atoms with Gasteiger partial charge in [0.05, 0.1) is 29.0 Å². The molecule has 1 aliphatic heterocycles. The summed E-state index contributed by atoms with van der Waals surface area (Å²) in [6.07, 6.45) is 8.29. The van der Waals surface area contributed by atoms with Crippen molar-refractivity contribution in [2.45, 2.75) is 19.3 Å². The number of aryl methyl sites for hydroxylation is 1. The molecule has 3 aromatic heterocycles. The highest BCUT2D eigenvalue weighted by Crippen LogP contribution is 2.28. The third-order valence-electron chi connectivity index (χ3n) is 6.36. The van der Waals surface area contributed by atoms with Crippen molar-refractivity contribution in [3.05, 3.63) is 96.7 Å². The van der Waals surface area contributed by atoms with Crippen molar-refractivity contribution in [2.24, 2.45) is 0 Å². The molecule has 0 bridgehead atoms. The normalized spacial score (nSPS) is 15.7. The molecule has 1 unspecified atom stereocenters. The van der Waals surface area contributed by atoms with E-state index in [0.29, 0.717) is 11.9 Å². The number of hydrogen-bond donors (Lipinski definition) is 2. The molecule has 4 heterocycles. The molecule has 1 fully saturated rings. The maximum absolute atomic E-state index is 4.63. The van der Waals surface area contributed by atoms with E-state index in [2.05, 4.69) is 73.4 Å². The molecule has 4 aromatic rings. The smallest absolute Gasteiger partial charge is 0.227 e. The Morgan fingerprint density at radius 1 is 1.06 bits per heavy atom. The monoisotopic (exact) mass is 463 g/mol. The van der Waals surface area contributed by atoms with E-state index in [1.807, 2.05) is 31.2 Å². The molecular formula is C28H29N7. The van der Waals surface area contributed by atoms with E-state index < -0.39 is 0 Å². The van der Waals surface area contributed by atoms with Crippen molar-refractivity contribution < 1.29 is 0 Å². The second kappa shape index (κ2) is 10.0. The van der Waals surface area contributed by atoms with Crippen molar-refractivity contribution in [2.75, 3.05) is 30.8 Å². The Labute approximate surface area is 206 Å². The van der Waals surface area contributed by atoms with Gasteiger partial charge in [-0.2, -0.15) is 0 Å². The molecule has 7 heteroatoms. The number of aromatic nitrogens is 4. The Bertz CT molecular complexity index is 1320. The Morgan fingerprint density at radius 2 is 1.91 bits per heavy atom. The van der Waals surface area contributed by atoms with Crippen molar-refractivity contribution in [1.82, 2.24) is 24.8 Å². The minimum Gasteiger partial charge on any atom is -0.354 e. The third kappa shape index (κ3) is 5.36. The molecule has 7 nitrogen and oxygen atoms in total. The predicted octanol–water partition coefficient (Wildman–Crippen LogP) is 5.49. The Kier molecular flexibility index (Phi) is 6.50. The van der Waals surface area contributed by atoms with Gasteiger partial charge in [0.1, 0.15) is 0 Å². The van der Waals surface area contributed by atoms with Gasteiger partial charge in [0.15, 0.2) is 0 Å². The second-order valence-corrected chi connectivity index (χ2v) is 8.96. The minimum absolute atomic E-state index is 0.500. The maximum atomic E-state index is 4.63. The molecule has 1 aromatic carbocycles. The van der Waals surface area contributed by atoms with Gasteiger partial charge in [-0.15, -0.1) is 0 Å². The number of likely N-dealkylation sites (N-methyl/N-ethyl adjacent to an activating group) is 1. The van der Waals surface area contributed by atoms with Crippen molar-refractivity contribution in [1.29, 1.82) is 0 Å². The van der Waals surface area contributed by atoms with E-state index >= 15 is 0 Å². The summed E-state index contributed by atoms with van der Waals surface area (Å²) < 4.78 is 0. The van der Waals surface area contributed by atoms with Crippen LogP contribution < -0.4 is 10.6 Å². The van der Waals surface area contributed by atoms with Gasteiger partial charge >= 0.3 is 0 Å².